The summed E-state index contributed by atoms with van der Waals surface area (Å²) in [7, 11) is 1.70. The molecule has 0 radical (unpaired) electrons. The highest BCUT2D eigenvalue weighted by atomic mass is 16.5. The van der Waals surface area contributed by atoms with Gasteiger partial charge in [0.25, 0.3) is 0 Å². The normalized spacial score (nSPS) is 20.0. The minimum absolute atomic E-state index is 0.195. The fraction of sp³-hybridized carbons (Fsp3) is 0.333. The van der Waals surface area contributed by atoms with E-state index in [0.29, 0.717) is 6.61 Å². The van der Waals surface area contributed by atoms with Crippen molar-refractivity contribution in [3.05, 3.63) is 53.1 Å². The van der Waals surface area contributed by atoms with Crippen molar-refractivity contribution >= 4 is 6.08 Å². The summed E-state index contributed by atoms with van der Waals surface area (Å²) in [6.45, 7) is 4.63. The standard InChI is InChI=1S/C21H22O4/c1-21(2)9-8-17-18(25-21)7-6-16(20(17)23-3)14-10-13-4-5-15(22)11-19(13)24-12-14/h4-9,11,14,22H,10,12H2,1-3H3. The average molecular weight is 338 g/mol. The van der Waals surface area contributed by atoms with Crippen molar-refractivity contribution in [1.82, 2.24) is 0 Å². The Morgan fingerprint density at radius 1 is 1.16 bits per heavy atom. The van der Waals surface area contributed by atoms with Gasteiger partial charge in [-0.3, -0.25) is 0 Å². The van der Waals surface area contributed by atoms with Gasteiger partial charge in [0.2, 0.25) is 0 Å². The van der Waals surface area contributed by atoms with Crippen LogP contribution in [0.3, 0.4) is 0 Å². The first kappa shape index (κ1) is 15.9. The first-order valence-electron chi connectivity index (χ1n) is 8.51. The largest absolute Gasteiger partial charge is 0.508 e. The first-order valence-corrected chi connectivity index (χ1v) is 8.51. The van der Waals surface area contributed by atoms with Crippen molar-refractivity contribution in [1.29, 1.82) is 0 Å². The van der Waals surface area contributed by atoms with Crippen molar-refractivity contribution in [3.8, 4) is 23.0 Å². The zero-order valence-corrected chi connectivity index (χ0v) is 14.7. The van der Waals surface area contributed by atoms with Crippen LogP contribution in [-0.2, 0) is 6.42 Å². The van der Waals surface area contributed by atoms with Gasteiger partial charge in [0.1, 0.15) is 28.6 Å². The van der Waals surface area contributed by atoms with Crippen LogP contribution in [0.5, 0.6) is 23.0 Å². The molecule has 1 unspecified atom stereocenters. The number of methoxy groups -OCH3 is 1. The third kappa shape index (κ3) is 2.82. The molecular formula is C21H22O4. The van der Waals surface area contributed by atoms with Crippen LogP contribution >= 0.6 is 0 Å². The van der Waals surface area contributed by atoms with Gasteiger partial charge in [-0.15, -0.1) is 0 Å². The number of phenolic OH excluding ortho intramolecular Hbond substituents is 1. The van der Waals surface area contributed by atoms with Crippen molar-refractivity contribution in [2.24, 2.45) is 0 Å². The number of fused-ring (bicyclic) bond motifs is 2. The van der Waals surface area contributed by atoms with E-state index in [9.17, 15) is 5.11 Å². The van der Waals surface area contributed by atoms with Gasteiger partial charge < -0.3 is 19.3 Å². The van der Waals surface area contributed by atoms with Gasteiger partial charge in [-0.1, -0.05) is 12.1 Å². The van der Waals surface area contributed by atoms with E-state index in [1.54, 1.807) is 19.2 Å². The molecule has 0 aromatic heterocycles. The topological polar surface area (TPSA) is 47.9 Å². The molecule has 1 N–H and O–H groups in total. The van der Waals surface area contributed by atoms with E-state index in [4.69, 9.17) is 14.2 Å². The summed E-state index contributed by atoms with van der Waals surface area (Å²) in [5.41, 5.74) is 2.89. The summed E-state index contributed by atoms with van der Waals surface area (Å²) in [6, 6.07) is 9.39. The Balaban J connectivity index is 1.71. The molecule has 0 aliphatic carbocycles. The zero-order chi connectivity index (χ0) is 17.6. The van der Waals surface area contributed by atoms with E-state index in [-0.39, 0.29) is 17.3 Å². The molecule has 2 aromatic carbocycles. The molecule has 0 bridgehead atoms. The van der Waals surface area contributed by atoms with Gasteiger partial charge in [0, 0.05) is 17.5 Å². The van der Waals surface area contributed by atoms with Gasteiger partial charge in [-0.2, -0.15) is 0 Å². The van der Waals surface area contributed by atoms with Crippen LogP contribution in [0, 0.1) is 0 Å². The lowest BCUT2D eigenvalue weighted by atomic mass is 9.87. The molecule has 0 spiro atoms. The molecule has 4 heteroatoms. The Labute approximate surface area is 147 Å². The van der Waals surface area contributed by atoms with E-state index in [1.165, 1.54) is 0 Å². The van der Waals surface area contributed by atoms with Crippen LogP contribution < -0.4 is 14.2 Å². The minimum Gasteiger partial charge on any atom is -0.508 e. The Hall–Kier alpha value is -2.62. The van der Waals surface area contributed by atoms with E-state index < -0.39 is 0 Å². The molecule has 0 fully saturated rings. The number of phenols is 1. The fourth-order valence-corrected chi connectivity index (χ4v) is 3.56. The Morgan fingerprint density at radius 3 is 2.80 bits per heavy atom. The highest BCUT2D eigenvalue weighted by molar-refractivity contribution is 5.69. The Morgan fingerprint density at radius 2 is 2.00 bits per heavy atom. The van der Waals surface area contributed by atoms with Crippen LogP contribution in [0.2, 0.25) is 0 Å². The maximum Gasteiger partial charge on any atom is 0.133 e. The smallest absolute Gasteiger partial charge is 0.133 e. The summed E-state index contributed by atoms with van der Waals surface area (Å²) in [5, 5.41) is 9.61. The molecule has 130 valence electrons. The maximum absolute atomic E-state index is 9.61. The number of rotatable bonds is 2. The maximum atomic E-state index is 9.61. The van der Waals surface area contributed by atoms with Gasteiger partial charge >= 0.3 is 0 Å². The van der Waals surface area contributed by atoms with E-state index in [0.717, 1.165) is 40.4 Å². The summed E-state index contributed by atoms with van der Waals surface area (Å²) in [5.74, 6) is 2.88. The summed E-state index contributed by atoms with van der Waals surface area (Å²) >= 11 is 0. The molecule has 0 amide bonds. The minimum atomic E-state index is -0.311. The third-order valence-electron chi connectivity index (χ3n) is 4.81. The summed E-state index contributed by atoms with van der Waals surface area (Å²) in [4.78, 5) is 0. The van der Waals surface area contributed by atoms with Gasteiger partial charge in [0.05, 0.1) is 19.3 Å². The lowest BCUT2D eigenvalue weighted by Crippen LogP contribution is -2.28. The molecular weight excluding hydrogens is 316 g/mol. The van der Waals surface area contributed by atoms with Crippen molar-refractivity contribution < 1.29 is 19.3 Å². The summed E-state index contributed by atoms with van der Waals surface area (Å²) < 4.78 is 17.7. The molecule has 2 heterocycles. The van der Waals surface area contributed by atoms with Gasteiger partial charge in [0.15, 0.2) is 0 Å². The number of ether oxygens (including phenoxy) is 3. The monoisotopic (exact) mass is 338 g/mol. The number of aromatic hydroxyl groups is 1. The van der Waals surface area contributed by atoms with Crippen LogP contribution in [0.4, 0.5) is 0 Å². The van der Waals surface area contributed by atoms with Crippen LogP contribution in [0.1, 0.15) is 36.5 Å². The Kier molecular flexibility index (Phi) is 3.64. The van der Waals surface area contributed by atoms with E-state index >= 15 is 0 Å². The first-order chi connectivity index (χ1) is 12.0. The van der Waals surface area contributed by atoms with Gasteiger partial charge in [-0.25, -0.2) is 0 Å². The second kappa shape index (κ2) is 5.73. The highest BCUT2D eigenvalue weighted by Crippen LogP contribution is 2.44. The van der Waals surface area contributed by atoms with E-state index in [1.807, 2.05) is 26.0 Å². The molecule has 0 saturated heterocycles. The summed E-state index contributed by atoms with van der Waals surface area (Å²) in [6.07, 6.45) is 4.98. The van der Waals surface area contributed by atoms with Crippen molar-refractivity contribution in [2.75, 3.05) is 13.7 Å². The van der Waals surface area contributed by atoms with Crippen LogP contribution in [0.25, 0.3) is 6.08 Å². The molecule has 4 rings (SSSR count). The number of benzene rings is 2. The number of hydrogen-bond donors (Lipinski definition) is 1. The molecule has 1 atom stereocenters. The Bertz CT molecular complexity index is 851. The molecule has 2 aliphatic rings. The predicted octanol–water partition coefficient (Wildman–Crippen LogP) is 4.30. The molecule has 25 heavy (non-hydrogen) atoms. The lowest BCUT2D eigenvalue weighted by molar-refractivity contribution is 0.158. The molecule has 2 aliphatic heterocycles. The van der Waals surface area contributed by atoms with Crippen molar-refractivity contribution in [3.63, 3.8) is 0 Å². The van der Waals surface area contributed by atoms with E-state index in [2.05, 4.69) is 18.2 Å². The second-order valence-corrected chi connectivity index (χ2v) is 7.14. The highest BCUT2D eigenvalue weighted by Gasteiger charge is 2.29. The zero-order valence-electron chi connectivity index (χ0n) is 14.7. The lowest BCUT2D eigenvalue weighted by Gasteiger charge is -2.31. The van der Waals surface area contributed by atoms with Crippen LogP contribution in [-0.4, -0.2) is 24.4 Å². The molecule has 2 aromatic rings. The van der Waals surface area contributed by atoms with Gasteiger partial charge in [-0.05, 0) is 50.1 Å². The average Bonchev–Trinajstić information content (AvgIpc) is 2.59. The van der Waals surface area contributed by atoms with Crippen LogP contribution in [0.15, 0.2) is 36.4 Å². The molecule has 4 nitrogen and oxygen atoms in total. The fourth-order valence-electron chi connectivity index (χ4n) is 3.56. The third-order valence-corrected chi connectivity index (χ3v) is 4.81. The quantitative estimate of drug-likeness (QED) is 0.887. The molecule has 0 saturated carbocycles. The second-order valence-electron chi connectivity index (χ2n) is 7.14. The van der Waals surface area contributed by atoms with Crippen molar-refractivity contribution in [2.45, 2.75) is 31.8 Å². The predicted molar refractivity (Wildman–Crippen MR) is 96.8 cm³/mol. The number of hydrogen-bond acceptors (Lipinski definition) is 4. The SMILES string of the molecule is COc1c(C2COc3cc(O)ccc3C2)ccc2c1C=CC(C)(C)O2.